The van der Waals surface area contributed by atoms with Gasteiger partial charge in [0.25, 0.3) is 0 Å². The van der Waals surface area contributed by atoms with Crippen LogP contribution in [0.1, 0.15) is 31.0 Å². The first-order chi connectivity index (χ1) is 7.54. The summed E-state index contributed by atoms with van der Waals surface area (Å²) in [6, 6.07) is -0.425. The Morgan fingerprint density at radius 2 is 2.38 bits per heavy atom. The molecule has 4 nitrogen and oxygen atoms in total. The van der Waals surface area contributed by atoms with Crippen molar-refractivity contribution in [1.29, 1.82) is 0 Å². The van der Waals surface area contributed by atoms with Gasteiger partial charge in [0.2, 0.25) is 5.91 Å². The molecule has 0 aliphatic carbocycles. The molecule has 0 bridgehead atoms. The number of aromatic nitrogens is 1. The summed E-state index contributed by atoms with van der Waals surface area (Å²) in [5.41, 5.74) is 6.80. The van der Waals surface area contributed by atoms with Crippen molar-refractivity contribution in [1.82, 2.24) is 10.3 Å². The number of nitrogens with zero attached hydrogens (tertiary/aromatic N) is 1. The zero-order valence-electron chi connectivity index (χ0n) is 9.99. The van der Waals surface area contributed by atoms with Gasteiger partial charge in [0.15, 0.2) is 0 Å². The van der Waals surface area contributed by atoms with E-state index in [1.165, 1.54) is 0 Å². The van der Waals surface area contributed by atoms with E-state index in [2.05, 4.69) is 10.3 Å². The van der Waals surface area contributed by atoms with Crippen LogP contribution < -0.4 is 11.1 Å². The molecule has 5 heteroatoms. The van der Waals surface area contributed by atoms with Gasteiger partial charge >= 0.3 is 0 Å². The first kappa shape index (κ1) is 13.1. The van der Waals surface area contributed by atoms with Crippen LogP contribution in [0.15, 0.2) is 5.38 Å². The van der Waals surface area contributed by atoms with Crippen molar-refractivity contribution in [3.05, 3.63) is 16.1 Å². The molecule has 0 radical (unpaired) electrons. The molecule has 0 saturated heterocycles. The minimum absolute atomic E-state index is 0.0952. The van der Waals surface area contributed by atoms with Crippen molar-refractivity contribution in [2.24, 2.45) is 11.7 Å². The van der Waals surface area contributed by atoms with E-state index in [9.17, 15) is 4.79 Å². The fourth-order valence-electron chi connectivity index (χ4n) is 1.28. The Morgan fingerprint density at radius 3 is 2.88 bits per heavy atom. The molecule has 1 heterocycles. The Kier molecular flexibility index (Phi) is 4.89. The van der Waals surface area contributed by atoms with E-state index in [0.717, 1.165) is 17.1 Å². The van der Waals surface area contributed by atoms with Crippen molar-refractivity contribution in [3.8, 4) is 0 Å². The number of aryl methyl sites for hydroxylation is 1. The molecule has 1 aromatic heterocycles. The van der Waals surface area contributed by atoms with E-state index in [1.54, 1.807) is 11.3 Å². The SMILES string of the molecule is CC[C@H](C)[C@H](N)C(=O)NCc1nc(C)cs1. The molecular formula is C11H19N3OS. The molecule has 0 aliphatic rings. The van der Waals surface area contributed by atoms with E-state index in [4.69, 9.17) is 5.73 Å². The van der Waals surface area contributed by atoms with Crippen molar-refractivity contribution >= 4 is 17.2 Å². The maximum atomic E-state index is 11.7. The van der Waals surface area contributed by atoms with Gasteiger partial charge in [0.1, 0.15) is 5.01 Å². The number of rotatable bonds is 5. The van der Waals surface area contributed by atoms with Gasteiger partial charge in [0.05, 0.1) is 12.6 Å². The largest absolute Gasteiger partial charge is 0.348 e. The quantitative estimate of drug-likeness (QED) is 0.819. The van der Waals surface area contributed by atoms with Crippen molar-refractivity contribution in [2.75, 3.05) is 0 Å². The van der Waals surface area contributed by atoms with E-state index >= 15 is 0 Å². The average Bonchev–Trinajstić information content (AvgIpc) is 2.69. The number of thiazole rings is 1. The van der Waals surface area contributed by atoms with Crippen molar-refractivity contribution in [2.45, 2.75) is 39.8 Å². The molecular weight excluding hydrogens is 222 g/mol. The van der Waals surface area contributed by atoms with Gasteiger partial charge in [-0.15, -0.1) is 11.3 Å². The number of carbonyl (C=O) groups excluding carboxylic acids is 1. The smallest absolute Gasteiger partial charge is 0.237 e. The van der Waals surface area contributed by atoms with Gasteiger partial charge < -0.3 is 11.1 Å². The monoisotopic (exact) mass is 241 g/mol. The highest BCUT2D eigenvalue weighted by Crippen LogP contribution is 2.09. The second-order valence-electron chi connectivity index (χ2n) is 4.01. The number of hydrogen-bond donors (Lipinski definition) is 2. The van der Waals surface area contributed by atoms with Crippen LogP contribution in [-0.4, -0.2) is 16.9 Å². The van der Waals surface area contributed by atoms with Gasteiger partial charge in [-0.2, -0.15) is 0 Å². The standard InChI is InChI=1S/C11H19N3OS/c1-4-7(2)10(12)11(15)13-5-9-14-8(3)6-16-9/h6-7,10H,4-5,12H2,1-3H3,(H,13,15)/t7-,10-/m0/s1. The topological polar surface area (TPSA) is 68.0 Å². The first-order valence-electron chi connectivity index (χ1n) is 5.48. The summed E-state index contributed by atoms with van der Waals surface area (Å²) >= 11 is 1.55. The molecule has 1 amide bonds. The minimum Gasteiger partial charge on any atom is -0.348 e. The number of nitrogens with two attached hydrogens (primary N) is 1. The highest BCUT2D eigenvalue weighted by Gasteiger charge is 2.18. The molecule has 0 fully saturated rings. The third kappa shape index (κ3) is 3.57. The van der Waals surface area contributed by atoms with Crippen LogP contribution in [0.4, 0.5) is 0 Å². The second-order valence-corrected chi connectivity index (χ2v) is 4.95. The van der Waals surface area contributed by atoms with Gasteiger partial charge in [-0.05, 0) is 12.8 Å². The molecule has 0 unspecified atom stereocenters. The minimum atomic E-state index is -0.425. The fraction of sp³-hybridized carbons (Fsp3) is 0.636. The Bertz CT molecular complexity index is 351. The van der Waals surface area contributed by atoms with Crippen molar-refractivity contribution in [3.63, 3.8) is 0 Å². The molecule has 0 spiro atoms. The van der Waals surface area contributed by atoms with Gasteiger partial charge in [-0.3, -0.25) is 4.79 Å². The zero-order valence-corrected chi connectivity index (χ0v) is 10.8. The van der Waals surface area contributed by atoms with E-state index in [0.29, 0.717) is 6.54 Å². The molecule has 0 saturated carbocycles. The van der Waals surface area contributed by atoms with Gasteiger partial charge in [-0.1, -0.05) is 20.3 Å². The molecule has 2 atom stereocenters. The van der Waals surface area contributed by atoms with Crippen LogP contribution in [0.25, 0.3) is 0 Å². The summed E-state index contributed by atoms with van der Waals surface area (Å²) in [7, 11) is 0. The summed E-state index contributed by atoms with van der Waals surface area (Å²) in [6.07, 6.45) is 0.908. The molecule has 0 aliphatic heterocycles. The predicted octanol–water partition coefficient (Wildman–Crippen LogP) is 1.44. The first-order valence-corrected chi connectivity index (χ1v) is 6.36. The van der Waals surface area contributed by atoms with Crippen LogP contribution in [0, 0.1) is 12.8 Å². The average molecular weight is 241 g/mol. The highest BCUT2D eigenvalue weighted by atomic mass is 32.1. The maximum absolute atomic E-state index is 11.7. The van der Waals surface area contributed by atoms with E-state index in [-0.39, 0.29) is 11.8 Å². The number of carbonyl (C=O) groups is 1. The molecule has 16 heavy (non-hydrogen) atoms. The van der Waals surface area contributed by atoms with E-state index in [1.807, 2.05) is 26.2 Å². The summed E-state index contributed by atoms with van der Waals surface area (Å²) in [4.78, 5) is 15.9. The maximum Gasteiger partial charge on any atom is 0.237 e. The zero-order chi connectivity index (χ0) is 12.1. The van der Waals surface area contributed by atoms with Crippen LogP contribution in [0.5, 0.6) is 0 Å². The lowest BCUT2D eigenvalue weighted by atomic mass is 9.99. The summed E-state index contributed by atoms with van der Waals surface area (Å²) in [6.45, 7) is 6.42. The normalized spacial score (nSPS) is 14.5. The Labute approximate surface area is 100 Å². The Hall–Kier alpha value is -0.940. The van der Waals surface area contributed by atoms with Gasteiger partial charge in [0, 0.05) is 11.1 Å². The van der Waals surface area contributed by atoms with Gasteiger partial charge in [-0.25, -0.2) is 4.98 Å². The molecule has 0 aromatic carbocycles. The van der Waals surface area contributed by atoms with Crippen molar-refractivity contribution < 1.29 is 4.79 Å². The van der Waals surface area contributed by atoms with Crippen LogP contribution in [0.3, 0.4) is 0 Å². The molecule has 3 N–H and O–H groups in total. The number of amides is 1. The highest BCUT2D eigenvalue weighted by molar-refractivity contribution is 7.09. The summed E-state index contributed by atoms with van der Waals surface area (Å²) in [5.74, 6) is 0.111. The lowest BCUT2D eigenvalue weighted by molar-refractivity contribution is -0.123. The summed E-state index contributed by atoms with van der Waals surface area (Å²) in [5, 5.41) is 5.70. The molecule has 1 aromatic rings. The third-order valence-electron chi connectivity index (χ3n) is 2.64. The number of hydrogen-bond acceptors (Lipinski definition) is 4. The Morgan fingerprint density at radius 1 is 1.69 bits per heavy atom. The van der Waals surface area contributed by atoms with Crippen LogP contribution in [-0.2, 0) is 11.3 Å². The Balaban J connectivity index is 2.40. The lowest BCUT2D eigenvalue weighted by Crippen LogP contribution is -2.44. The predicted molar refractivity (Wildman–Crippen MR) is 66.1 cm³/mol. The fourth-order valence-corrected chi connectivity index (χ4v) is 1.99. The second kappa shape index (κ2) is 5.96. The molecule has 1 rings (SSSR count). The number of nitrogens with one attached hydrogen (secondary N) is 1. The van der Waals surface area contributed by atoms with Crippen LogP contribution in [0.2, 0.25) is 0 Å². The summed E-state index contributed by atoms with van der Waals surface area (Å²) < 4.78 is 0. The lowest BCUT2D eigenvalue weighted by Gasteiger charge is -2.17. The third-order valence-corrected chi connectivity index (χ3v) is 3.61. The van der Waals surface area contributed by atoms with E-state index < -0.39 is 6.04 Å². The molecule has 90 valence electrons. The van der Waals surface area contributed by atoms with Crippen LogP contribution >= 0.6 is 11.3 Å².